The third-order valence-electron chi connectivity index (χ3n) is 9.65. The fraction of sp³-hybridized carbons (Fsp3) is 0.905. The minimum Gasteiger partial charge on any atom is -0.756 e. The average Bonchev–Trinajstić information content (AvgIpc) is 3.17. The maximum Gasteiger partial charge on any atom is 0.306 e. The molecule has 1 unspecified atom stereocenters. The molecule has 12 nitrogen and oxygen atoms in total. The molecule has 0 aliphatic heterocycles. The van der Waals surface area contributed by atoms with Gasteiger partial charge in [0.05, 0.1) is 13.2 Å². The summed E-state index contributed by atoms with van der Waals surface area (Å²) in [5, 5.41) is 4.88. The molecule has 0 bridgehead atoms. The summed E-state index contributed by atoms with van der Waals surface area (Å²) in [5.41, 5.74) is 0. The van der Waals surface area contributed by atoms with E-state index in [9.17, 15) is 28.6 Å². The number of esters is 2. The summed E-state index contributed by atoms with van der Waals surface area (Å²) in [4.78, 5) is 60.6. The molecule has 0 aromatic heterocycles. The van der Waals surface area contributed by atoms with Gasteiger partial charge in [-0.05, 0) is 12.8 Å². The molecule has 0 aromatic carbocycles. The fourth-order valence-corrected chi connectivity index (χ4v) is 6.93. The third-order valence-corrected chi connectivity index (χ3v) is 10.6. The second-order valence-corrected chi connectivity index (χ2v) is 16.3. The smallest absolute Gasteiger partial charge is 0.306 e. The van der Waals surface area contributed by atoms with Crippen molar-refractivity contribution in [1.82, 2.24) is 10.6 Å². The van der Waals surface area contributed by atoms with Crippen molar-refractivity contribution in [2.75, 3.05) is 33.4 Å². The molecule has 0 fully saturated rings. The highest BCUT2D eigenvalue weighted by molar-refractivity contribution is 7.45. The van der Waals surface area contributed by atoms with Crippen LogP contribution >= 0.6 is 7.82 Å². The molecule has 0 radical (unpaired) electrons. The molecule has 55 heavy (non-hydrogen) atoms. The Kier molecular flexibility index (Phi) is 37.4. The lowest BCUT2D eigenvalue weighted by Crippen LogP contribution is -2.31. The van der Waals surface area contributed by atoms with Crippen molar-refractivity contribution < 1.29 is 47.2 Å². The largest absolute Gasteiger partial charge is 0.756 e. The Morgan fingerprint density at radius 2 is 0.927 bits per heavy atom. The van der Waals surface area contributed by atoms with E-state index in [4.69, 9.17) is 18.5 Å². The maximum atomic E-state index is 12.7. The number of unbranched alkanes of at least 4 members (excludes halogenated alkanes) is 24. The van der Waals surface area contributed by atoms with Crippen LogP contribution in [0.1, 0.15) is 206 Å². The Morgan fingerprint density at radius 3 is 1.36 bits per heavy atom. The molecule has 0 rings (SSSR count). The van der Waals surface area contributed by atoms with E-state index < -0.39 is 38.4 Å². The quantitative estimate of drug-likeness (QED) is 0.0345. The molecular formula is C42H80N2O10P-. The number of hydrogen-bond donors (Lipinski definition) is 2. The standard InChI is InChI=1S/C42H81N2O10P/c1-4-6-8-10-12-14-16-18-20-22-24-26-28-30-41(47)51-36-38(37-53-55(49,50)52-35-34-44-40(46)33-32-39(45)43-3)54-42(48)31-29-27-25-23-21-19-17-15-13-11-9-7-5-2/h38H,4-37H2,1-3H3,(H,43,45)(H,44,46)(H,49,50)/p-1/t38-/m1/s1. The first-order chi connectivity index (χ1) is 26.6. The number of carbonyl (C=O) groups excluding carboxylic acids is 4. The zero-order valence-corrected chi connectivity index (χ0v) is 36.0. The van der Waals surface area contributed by atoms with Gasteiger partial charge < -0.3 is 34.0 Å². The average molecular weight is 804 g/mol. The van der Waals surface area contributed by atoms with Gasteiger partial charge in [-0.3, -0.25) is 23.7 Å². The predicted octanol–water partition coefficient (Wildman–Crippen LogP) is 9.55. The molecule has 0 spiro atoms. The van der Waals surface area contributed by atoms with Crippen LogP contribution in [-0.2, 0) is 42.3 Å². The van der Waals surface area contributed by atoms with Crippen LogP contribution in [0.5, 0.6) is 0 Å². The van der Waals surface area contributed by atoms with Crippen molar-refractivity contribution in [3.05, 3.63) is 0 Å². The van der Waals surface area contributed by atoms with Crippen molar-refractivity contribution in [1.29, 1.82) is 0 Å². The molecule has 2 amide bonds. The number of ether oxygens (including phenoxy) is 2. The van der Waals surface area contributed by atoms with Crippen molar-refractivity contribution in [3.8, 4) is 0 Å². The first kappa shape index (κ1) is 53.0. The van der Waals surface area contributed by atoms with Gasteiger partial charge in [-0.2, -0.15) is 0 Å². The Morgan fingerprint density at radius 1 is 0.527 bits per heavy atom. The monoisotopic (exact) mass is 804 g/mol. The van der Waals surface area contributed by atoms with E-state index in [1.54, 1.807) is 0 Å². The summed E-state index contributed by atoms with van der Waals surface area (Å²) in [6.45, 7) is 3.07. The number of rotatable bonds is 41. The van der Waals surface area contributed by atoms with Crippen LogP contribution in [0, 0.1) is 0 Å². The van der Waals surface area contributed by atoms with Gasteiger partial charge >= 0.3 is 11.9 Å². The molecule has 2 atom stereocenters. The van der Waals surface area contributed by atoms with Gasteiger partial charge in [0, 0.05) is 39.3 Å². The summed E-state index contributed by atoms with van der Waals surface area (Å²) in [7, 11) is -3.36. The SMILES string of the molecule is CCCCCCCCCCCCCCCC(=O)OC[C@H](COP(=O)([O-])OCCNC(=O)CCC(=O)NC)OC(=O)CCCCCCCCCCCCCCC. The van der Waals surface area contributed by atoms with Gasteiger partial charge in [0.15, 0.2) is 6.10 Å². The summed E-state index contributed by atoms with van der Waals surface area (Å²) >= 11 is 0. The van der Waals surface area contributed by atoms with Crippen LogP contribution in [0.2, 0.25) is 0 Å². The van der Waals surface area contributed by atoms with Gasteiger partial charge in [0.25, 0.3) is 7.82 Å². The van der Waals surface area contributed by atoms with Gasteiger partial charge in [-0.25, -0.2) is 0 Å². The zero-order chi connectivity index (χ0) is 40.7. The van der Waals surface area contributed by atoms with Crippen molar-refractivity contribution in [2.45, 2.75) is 213 Å². The van der Waals surface area contributed by atoms with Crippen LogP contribution in [0.3, 0.4) is 0 Å². The first-order valence-electron chi connectivity index (χ1n) is 22.1. The van der Waals surface area contributed by atoms with Crippen molar-refractivity contribution in [3.63, 3.8) is 0 Å². The highest BCUT2D eigenvalue weighted by Gasteiger charge is 2.21. The van der Waals surface area contributed by atoms with E-state index in [-0.39, 0.29) is 51.3 Å². The van der Waals surface area contributed by atoms with E-state index in [0.29, 0.717) is 12.8 Å². The van der Waals surface area contributed by atoms with E-state index in [1.807, 2.05) is 0 Å². The third kappa shape index (κ3) is 38.6. The predicted molar refractivity (Wildman–Crippen MR) is 217 cm³/mol. The van der Waals surface area contributed by atoms with E-state index in [0.717, 1.165) is 38.5 Å². The number of phosphoric acid groups is 1. The Labute approximate surface area is 334 Å². The van der Waals surface area contributed by atoms with E-state index in [2.05, 4.69) is 24.5 Å². The summed E-state index contributed by atoms with van der Waals surface area (Å²) in [6.07, 6.45) is 30.2. The molecule has 324 valence electrons. The molecule has 0 aliphatic carbocycles. The second-order valence-electron chi connectivity index (χ2n) is 14.9. The Balaban J connectivity index is 4.52. The highest BCUT2D eigenvalue weighted by atomic mass is 31.2. The lowest BCUT2D eigenvalue weighted by atomic mass is 10.0. The molecule has 13 heteroatoms. The summed E-state index contributed by atoms with van der Waals surface area (Å²) in [6, 6.07) is 0. The number of nitrogens with one attached hydrogen (secondary N) is 2. The number of phosphoric ester groups is 1. The lowest BCUT2D eigenvalue weighted by Gasteiger charge is -2.25. The number of carbonyl (C=O) groups is 4. The minimum atomic E-state index is -4.83. The van der Waals surface area contributed by atoms with E-state index >= 15 is 0 Å². The van der Waals surface area contributed by atoms with Crippen LogP contribution in [0.25, 0.3) is 0 Å². The van der Waals surface area contributed by atoms with Gasteiger partial charge in [-0.1, -0.05) is 168 Å². The topological polar surface area (TPSA) is 169 Å². The van der Waals surface area contributed by atoms with Crippen molar-refractivity contribution in [2.24, 2.45) is 0 Å². The molecule has 2 N–H and O–H groups in total. The second kappa shape index (κ2) is 38.8. The van der Waals surface area contributed by atoms with E-state index in [1.165, 1.54) is 123 Å². The fourth-order valence-electron chi connectivity index (χ4n) is 6.19. The van der Waals surface area contributed by atoms with Gasteiger partial charge in [0.2, 0.25) is 11.8 Å². The van der Waals surface area contributed by atoms with Crippen LogP contribution in [-0.4, -0.2) is 63.3 Å². The van der Waals surface area contributed by atoms with Crippen molar-refractivity contribution >= 4 is 31.6 Å². The Bertz CT molecular complexity index is 999. The maximum absolute atomic E-state index is 12.7. The number of amides is 2. The molecule has 0 aromatic rings. The normalized spacial score (nSPS) is 12.9. The van der Waals surface area contributed by atoms with Crippen LogP contribution < -0.4 is 15.5 Å². The summed E-state index contributed by atoms with van der Waals surface area (Å²) in [5.74, 6) is -1.65. The van der Waals surface area contributed by atoms with Crippen LogP contribution in [0.4, 0.5) is 0 Å². The van der Waals surface area contributed by atoms with Gasteiger partial charge in [-0.15, -0.1) is 0 Å². The van der Waals surface area contributed by atoms with Crippen LogP contribution in [0.15, 0.2) is 0 Å². The summed E-state index contributed by atoms with van der Waals surface area (Å²) < 4.78 is 33.0. The number of hydrogen-bond acceptors (Lipinski definition) is 10. The van der Waals surface area contributed by atoms with Gasteiger partial charge in [0.1, 0.15) is 6.61 Å². The first-order valence-corrected chi connectivity index (χ1v) is 23.5. The Hall–Kier alpha value is -2.01. The molecule has 0 heterocycles. The molecule has 0 aliphatic rings. The molecule has 0 saturated carbocycles. The zero-order valence-electron chi connectivity index (χ0n) is 35.1. The minimum absolute atomic E-state index is 0.00971. The lowest BCUT2D eigenvalue weighted by molar-refractivity contribution is -0.228. The molecular weight excluding hydrogens is 723 g/mol. The molecule has 0 saturated heterocycles. The highest BCUT2D eigenvalue weighted by Crippen LogP contribution is 2.38.